The van der Waals surface area contributed by atoms with Crippen molar-refractivity contribution < 1.29 is 18.0 Å². The number of carbonyl (C=O) groups excluding carboxylic acids is 2. The second-order valence-electron chi connectivity index (χ2n) is 6.79. The van der Waals surface area contributed by atoms with Gasteiger partial charge in [0, 0.05) is 31.1 Å². The van der Waals surface area contributed by atoms with E-state index < -0.39 is 10.0 Å². The van der Waals surface area contributed by atoms with Crippen LogP contribution >= 0.6 is 11.6 Å². The predicted octanol–water partition coefficient (Wildman–Crippen LogP) is 2.74. The Morgan fingerprint density at radius 1 is 1.03 bits per heavy atom. The van der Waals surface area contributed by atoms with Crippen molar-refractivity contribution in [2.45, 2.75) is 17.7 Å². The van der Waals surface area contributed by atoms with Gasteiger partial charge in [-0.2, -0.15) is 0 Å². The third-order valence-electron chi connectivity index (χ3n) is 4.93. The maximum Gasteiger partial charge on any atom is 0.261 e. The Morgan fingerprint density at radius 3 is 2.28 bits per heavy atom. The number of nitrogens with one attached hydrogen (secondary N) is 2. The molecule has 154 valence electrons. The summed E-state index contributed by atoms with van der Waals surface area (Å²) in [5.74, 6) is -0.398. The van der Waals surface area contributed by atoms with Gasteiger partial charge in [-0.1, -0.05) is 23.7 Å². The molecule has 3 rings (SSSR count). The van der Waals surface area contributed by atoms with Crippen molar-refractivity contribution in [2.75, 3.05) is 24.9 Å². The van der Waals surface area contributed by atoms with Crippen molar-refractivity contribution in [1.82, 2.24) is 10.2 Å². The van der Waals surface area contributed by atoms with Crippen molar-refractivity contribution >= 4 is 39.1 Å². The van der Waals surface area contributed by atoms with Crippen LogP contribution in [0.5, 0.6) is 0 Å². The molecule has 2 aromatic carbocycles. The number of rotatable bonds is 5. The van der Waals surface area contributed by atoms with Crippen LogP contribution in [0, 0.1) is 5.92 Å². The van der Waals surface area contributed by atoms with Gasteiger partial charge in [0.25, 0.3) is 15.9 Å². The number of likely N-dealkylation sites (tertiary alicyclic amines) is 1. The van der Waals surface area contributed by atoms with Crippen molar-refractivity contribution in [3.63, 3.8) is 0 Å². The number of anilines is 1. The quantitative estimate of drug-likeness (QED) is 0.754. The number of hydrogen-bond donors (Lipinski definition) is 2. The third kappa shape index (κ3) is 4.89. The van der Waals surface area contributed by atoms with E-state index in [9.17, 15) is 18.0 Å². The molecule has 0 radical (unpaired) electrons. The molecule has 1 saturated heterocycles. The first-order chi connectivity index (χ1) is 13.8. The lowest BCUT2D eigenvalue weighted by Crippen LogP contribution is -2.42. The van der Waals surface area contributed by atoms with Gasteiger partial charge < -0.3 is 10.2 Å². The Balaban J connectivity index is 1.78. The fraction of sp³-hybridized carbons (Fsp3) is 0.300. The van der Waals surface area contributed by atoms with E-state index in [2.05, 4.69) is 10.0 Å². The number of carbonyl (C=O) groups is 2. The van der Waals surface area contributed by atoms with E-state index in [1.165, 1.54) is 24.3 Å². The molecular weight excluding hydrogens is 414 g/mol. The Bertz CT molecular complexity index is 1000. The summed E-state index contributed by atoms with van der Waals surface area (Å²) in [7, 11) is -2.27. The fourth-order valence-corrected chi connectivity index (χ4v) is 4.50. The number of sulfonamides is 1. The van der Waals surface area contributed by atoms with Crippen LogP contribution in [0.15, 0.2) is 53.4 Å². The summed E-state index contributed by atoms with van der Waals surface area (Å²) in [6.07, 6.45) is 1.15. The molecule has 2 N–H and O–H groups in total. The molecule has 0 bridgehead atoms. The Kier molecular flexibility index (Phi) is 6.44. The summed E-state index contributed by atoms with van der Waals surface area (Å²) >= 11 is 5.82. The zero-order valence-corrected chi connectivity index (χ0v) is 17.5. The van der Waals surface area contributed by atoms with Gasteiger partial charge in [0.05, 0.1) is 16.1 Å². The SMILES string of the molecule is CNC(=O)C1CCN(C(=O)c2ccccc2NS(=O)(=O)c2ccc(Cl)cc2)CC1. The lowest BCUT2D eigenvalue weighted by molar-refractivity contribution is -0.125. The molecule has 7 nitrogen and oxygen atoms in total. The van der Waals surface area contributed by atoms with Gasteiger partial charge in [-0.15, -0.1) is 0 Å². The van der Waals surface area contributed by atoms with Crippen LogP contribution in [-0.4, -0.2) is 45.3 Å². The van der Waals surface area contributed by atoms with Gasteiger partial charge >= 0.3 is 0 Å². The van der Waals surface area contributed by atoms with Crippen LogP contribution < -0.4 is 10.0 Å². The van der Waals surface area contributed by atoms with Crippen molar-refractivity contribution in [3.8, 4) is 0 Å². The molecular formula is C20H22ClN3O4S. The van der Waals surface area contributed by atoms with Crippen molar-refractivity contribution in [2.24, 2.45) is 5.92 Å². The Hall–Kier alpha value is -2.58. The van der Waals surface area contributed by atoms with Crippen LogP contribution in [0.4, 0.5) is 5.69 Å². The molecule has 0 aliphatic carbocycles. The summed E-state index contributed by atoms with van der Waals surface area (Å²) in [4.78, 5) is 26.5. The minimum Gasteiger partial charge on any atom is -0.359 e. The average molecular weight is 436 g/mol. The second kappa shape index (κ2) is 8.84. The lowest BCUT2D eigenvalue weighted by atomic mass is 9.95. The minimum absolute atomic E-state index is 0.0202. The highest BCUT2D eigenvalue weighted by atomic mass is 35.5. The predicted molar refractivity (Wildman–Crippen MR) is 111 cm³/mol. The third-order valence-corrected chi connectivity index (χ3v) is 6.56. The van der Waals surface area contributed by atoms with E-state index in [1.807, 2.05) is 0 Å². The van der Waals surface area contributed by atoms with Gasteiger partial charge in [-0.25, -0.2) is 8.42 Å². The number of benzene rings is 2. The minimum atomic E-state index is -3.87. The maximum absolute atomic E-state index is 13.0. The summed E-state index contributed by atoms with van der Waals surface area (Å²) in [5.41, 5.74) is 0.476. The summed E-state index contributed by atoms with van der Waals surface area (Å²) in [6, 6.07) is 12.3. The molecule has 0 unspecified atom stereocenters. The summed E-state index contributed by atoms with van der Waals surface area (Å²) < 4.78 is 27.9. The molecule has 1 aliphatic heterocycles. The zero-order valence-electron chi connectivity index (χ0n) is 15.9. The van der Waals surface area contributed by atoms with Crippen molar-refractivity contribution in [3.05, 3.63) is 59.1 Å². The van der Waals surface area contributed by atoms with Crippen LogP contribution in [0.25, 0.3) is 0 Å². The second-order valence-corrected chi connectivity index (χ2v) is 8.90. The van der Waals surface area contributed by atoms with Crippen LogP contribution in [0.2, 0.25) is 5.02 Å². The van der Waals surface area contributed by atoms with Crippen molar-refractivity contribution in [1.29, 1.82) is 0 Å². The number of hydrogen-bond acceptors (Lipinski definition) is 4. The number of para-hydroxylation sites is 1. The smallest absolute Gasteiger partial charge is 0.261 e. The monoisotopic (exact) mass is 435 g/mol. The van der Waals surface area contributed by atoms with E-state index in [1.54, 1.807) is 36.2 Å². The molecule has 29 heavy (non-hydrogen) atoms. The first kappa shape index (κ1) is 21.1. The first-order valence-corrected chi connectivity index (χ1v) is 11.1. The van der Waals surface area contributed by atoms with Gasteiger partial charge in [0.1, 0.15) is 0 Å². The maximum atomic E-state index is 13.0. The molecule has 1 fully saturated rings. The molecule has 9 heteroatoms. The summed E-state index contributed by atoms with van der Waals surface area (Å²) in [5, 5.41) is 3.07. The lowest BCUT2D eigenvalue weighted by Gasteiger charge is -2.31. The molecule has 2 aromatic rings. The standard InChI is InChI=1S/C20H22ClN3O4S/c1-22-19(25)14-10-12-24(13-11-14)20(26)17-4-2-3-5-18(17)23-29(27,28)16-8-6-15(21)7-9-16/h2-9,14,23H,10-13H2,1H3,(H,22,25). The number of halogens is 1. The first-order valence-electron chi connectivity index (χ1n) is 9.20. The number of piperidine rings is 1. The highest BCUT2D eigenvalue weighted by Crippen LogP contribution is 2.25. The number of amides is 2. The van der Waals surface area contributed by atoms with E-state index in [0.717, 1.165) is 0 Å². The van der Waals surface area contributed by atoms with Gasteiger partial charge in [-0.05, 0) is 49.2 Å². The normalized spacial score (nSPS) is 15.0. The summed E-state index contributed by atoms with van der Waals surface area (Å²) in [6.45, 7) is 0.879. The van der Waals surface area contributed by atoms with Gasteiger partial charge in [0.15, 0.2) is 0 Å². The van der Waals surface area contributed by atoms with E-state index in [4.69, 9.17) is 11.6 Å². The van der Waals surface area contributed by atoms with Gasteiger partial charge in [0.2, 0.25) is 5.91 Å². The van der Waals surface area contributed by atoms with Crippen LogP contribution in [0.3, 0.4) is 0 Å². The fourth-order valence-electron chi connectivity index (χ4n) is 3.30. The van der Waals surface area contributed by atoms with E-state index in [0.29, 0.717) is 31.0 Å². The molecule has 0 spiro atoms. The number of nitrogens with zero attached hydrogens (tertiary/aromatic N) is 1. The van der Waals surface area contributed by atoms with Crippen LogP contribution in [0.1, 0.15) is 23.2 Å². The molecule has 0 atom stereocenters. The van der Waals surface area contributed by atoms with E-state index in [-0.39, 0.29) is 33.9 Å². The molecule has 0 saturated carbocycles. The molecule has 2 amide bonds. The Labute approximate surface area is 175 Å². The average Bonchev–Trinajstić information content (AvgIpc) is 2.73. The highest BCUT2D eigenvalue weighted by molar-refractivity contribution is 7.92. The molecule has 1 aliphatic rings. The largest absolute Gasteiger partial charge is 0.359 e. The highest BCUT2D eigenvalue weighted by Gasteiger charge is 2.28. The van der Waals surface area contributed by atoms with Gasteiger partial charge in [-0.3, -0.25) is 14.3 Å². The van der Waals surface area contributed by atoms with E-state index >= 15 is 0 Å². The van der Waals surface area contributed by atoms with Crippen LogP contribution in [-0.2, 0) is 14.8 Å². The Morgan fingerprint density at radius 2 is 1.66 bits per heavy atom. The topological polar surface area (TPSA) is 95.6 Å². The molecule has 0 aromatic heterocycles. The molecule has 1 heterocycles. The zero-order chi connectivity index (χ0) is 21.0.